The molecule has 0 spiro atoms. The van der Waals surface area contributed by atoms with Crippen molar-refractivity contribution in [1.82, 2.24) is 25.1 Å². The minimum atomic E-state index is -0.396. The number of anilines is 1. The Bertz CT molecular complexity index is 1270. The van der Waals surface area contributed by atoms with Gasteiger partial charge < -0.3 is 15.2 Å². The van der Waals surface area contributed by atoms with Crippen LogP contribution in [0.5, 0.6) is 0 Å². The van der Waals surface area contributed by atoms with Crippen LogP contribution in [-0.2, 0) is 11.3 Å². The lowest BCUT2D eigenvalue weighted by molar-refractivity contribution is -0.113. The number of hydrogen-bond donors (Lipinski definition) is 2. The van der Waals surface area contributed by atoms with Crippen molar-refractivity contribution in [3.8, 4) is 0 Å². The van der Waals surface area contributed by atoms with Crippen molar-refractivity contribution >= 4 is 61.9 Å². The smallest absolute Gasteiger partial charge is 0.253 e. The number of amides is 2. The van der Waals surface area contributed by atoms with Crippen LogP contribution in [0, 0.1) is 0 Å². The lowest BCUT2D eigenvalue weighted by Crippen LogP contribution is -2.29. The summed E-state index contributed by atoms with van der Waals surface area (Å²) in [5, 5.41) is 15.8. The number of benzene rings is 2. The summed E-state index contributed by atoms with van der Waals surface area (Å²) in [5.41, 5.74) is 1.25. The highest BCUT2D eigenvalue weighted by Crippen LogP contribution is 2.26. The Morgan fingerprint density at radius 3 is 2.67 bits per heavy atom. The highest BCUT2D eigenvalue weighted by Gasteiger charge is 2.21. The number of rotatable bonds is 8. The molecular formula is C22H21ClN6O2S2. The number of thioether (sulfide) groups is 1. The van der Waals surface area contributed by atoms with Gasteiger partial charge in [-0.15, -0.1) is 10.2 Å². The second kappa shape index (κ2) is 10.3. The minimum absolute atomic E-state index is 0.161. The molecule has 1 atom stereocenters. The van der Waals surface area contributed by atoms with E-state index in [2.05, 4.69) is 25.8 Å². The third-order valence-electron chi connectivity index (χ3n) is 4.79. The number of aromatic nitrogens is 4. The van der Waals surface area contributed by atoms with Gasteiger partial charge in [0.1, 0.15) is 0 Å². The molecule has 0 aliphatic rings. The Morgan fingerprint density at radius 1 is 1.15 bits per heavy atom. The summed E-state index contributed by atoms with van der Waals surface area (Å²) >= 11 is 8.84. The van der Waals surface area contributed by atoms with Gasteiger partial charge in [-0.3, -0.25) is 9.59 Å². The highest BCUT2D eigenvalue weighted by molar-refractivity contribution is 7.99. The maximum atomic E-state index is 12.6. The summed E-state index contributed by atoms with van der Waals surface area (Å²) in [6.07, 6.45) is 0. The molecule has 2 amide bonds. The van der Waals surface area contributed by atoms with E-state index in [1.165, 1.54) is 23.1 Å². The van der Waals surface area contributed by atoms with Gasteiger partial charge in [0.25, 0.3) is 5.91 Å². The molecule has 11 heteroatoms. The van der Waals surface area contributed by atoms with Crippen molar-refractivity contribution in [2.24, 2.45) is 0 Å². The van der Waals surface area contributed by atoms with Crippen LogP contribution >= 0.6 is 34.7 Å². The Labute approximate surface area is 203 Å². The molecule has 4 aromatic rings. The van der Waals surface area contributed by atoms with E-state index >= 15 is 0 Å². The fraction of sp³-hybridized carbons (Fsp3) is 0.227. The van der Waals surface area contributed by atoms with Crippen molar-refractivity contribution in [2.75, 3.05) is 11.1 Å². The largest absolute Gasteiger partial charge is 0.342 e. The van der Waals surface area contributed by atoms with Crippen molar-refractivity contribution < 1.29 is 9.59 Å². The third kappa shape index (κ3) is 5.35. The summed E-state index contributed by atoms with van der Waals surface area (Å²) in [5.74, 6) is 0.301. The van der Waals surface area contributed by atoms with E-state index in [0.29, 0.717) is 33.2 Å². The summed E-state index contributed by atoms with van der Waals surface area (Å²) in [6.45, 7) is 4.39. The molecule has 0 radical (unpaired) electrons. The zero-order valence-corrected chi connectivity index (χ0v) is 20.3. The average Bonchev–Trinajstić information content (AvgIpc) is 3.40. The maximum Gasteiger partial charge on any atom is 0.253 e. The Hall–Kier alpha value is -2.95. The lowest BCUT2D eigenvalue weighted by Gasteiger charge is -2.15. The zero-order chi connectivity index (χ0) is 23.4. The molecule has 2 aromatic carbocycles. The molecule has 0 saturated carbocycles. The number of para-hydroxylation sites is 1. The van der Waals surface area contributed by atoms with Crippen molar-refractivity contribution in [3.05, 3.63) is 64.9 Å². The van der Waals surface area contributed by atoms with Crippen LogP contribution < -0.4 is 10.6 Å². The first-order chi connectivity index (χ1) is 16.0. The van der Waals surface area contributed by atoms with E-state index in [1.807, 2.05) is 42.7 Å². The lowest BCUT2D eigenvalue weighted by atomic mass is 10.2. The van der Waals surface area contributed by atoms with Crippen LogP contribution in [0.2, 0.25) is 5.02 Å². The van der Waals surface area contributed by atoms with E-state index in [4.69, 9.17) is 11.6 Å². The first kappa shape index (κ1) is 23.2. The quantitative estimate of drug-likeness (QED) is 0.337. The molecule has 0 bridgehead atoms. The minimum Gasteiger partial charge on any atom is -0.342 e. The molecule has 0 aliphatic heterocycles. The number of nitrogens with one attached hydrogen (secondary N) is 2. The molecule has 0 fully saturated rings. The number of nitrogens with zero attached hydrogens (tertiary/aromatic N) is 4. The van der Waals surface area contributed by atoms with Gasteiger partial charge >= 0.3 is 0 Å². The van der Waals surface area contributed by atoms with Gasteiger partial charge in [-0.2, -0.15) is 0 Å². The van der Waals surface area contributed by atoms with Gasteiger partial charge in [-0.05, 0) is 38.1 Å². The van der Waals surface area contributed by atoms with Crippen LogP contribution in [0.3, 0.4) is 0 Å². The second-order valence-electron chi connectivity index (χ2n) is 7.08. The first-order valence-corrected chi connectivity index (χ1v) is 12.4. The fourth-order valence-corrected chi connectivity index (χ4v) is 5.13. The van der Waals surface area contributed by atoms with E-state index in [9.17, 15) is 9.59 Å². The molecule has 0 unspecified atom stereocenters. The molecule has 2 N–H and O–H groups in total. The first-order valence-electron chi connectivity index (χ1n) is 10.2. The highest BCUT2D eigenvalue weighted by atomic mass is 35.5. The fourth-order valence-electron chi connectivity index (χ4n) is 3.22. The monoisotopic (exact) mass is 500 g/mol. The summed E-state index contributed by atoms with van der Waals surface area (Å²) < 4.78 is 2.90. The normalized spacial score (nSPS) is 12.0. The van der Waals surface area contributed by atoms with Crippen molar-refractivity contribution in [1.29, 1.82) is 0 Å². The Morgan fingerprint density at radius 2 is 1.91 bits per heavy atom. The van der Waals surface area contributed by atoms with Gasteiger partial charge in [0, 0.05) is 6.54 Å². The van der Waals surface area contributed by atoms with Crippen molar-refractivity contribution in [3.63, 3.8) is 0 Å². The number of fused-ring (bicyclic) bond motifs is 1. The average molecular weight is 501 g/mol. The molecule has 33 heavy (non-hydrogen) atoms. The van der Waals surface area contributed by atoms with Gasteiger partial charge in [0.15, 0.2) is 16.1 Å². The third-order valence-corrected chi connectivity index (χ3v) is 7.04. The molecule has 0 saturated heterocycles. The second-order valence-corrected chi connectivity index (χ2v) is 9.46. The molecule has 4 rings (SSSR count). The van der Waals surface area contributed by atoms with Gasteiger partial charge in [0.05, 0.1) is 32.6 Å². The molecule has 8 nitrogen and oxygen atoms in total. The standard InChI is InChI=1S/C22H21ClN6O2S2/c1-3-29-19(13(2)24-20(31)14-8-4-5-9-15(14)23)27-28-22(29)32-12-18(30)26-21-25-16-10-6-7-11-17(16)33-21/h4-11,13H,3,12H2,1-2H3,(H,24,31)(H,25,26,30)/t13-/m1/s1. The number of carbonyl (C=O) groups excluding carboxylic acids is 2. The molecule has 0 aliphatic carbocycles. The Balaban J connectivity index is 1.39. The number of carbonyl (C=O) groups is 2. The topological polar surface area (TPSA) is 102 Å². The maximum absolute atomic E-state index is 12.6. The van der Waals surface area contributed by atoms with Crippen LogP contribution in [-0.4, -0.2) is 37.3 Å². The Kier molecular flexibility index (Phi) is 7.26. The van der Waals surface area contributed by atoms with Gasteiger partial charge in [0.2, 0.25) is 5.91 Å². The summed E-state index contributed by atoms with van der Waals surface area (Å²) in [6, 6.07) is 14.2. The summed E-state index contributed by atoms with van der Waals surface area (Å²) in [4.78, 5) is 29.5. The molecule has 2 aromatic heterocycles. The van der Waals surface area contributed by atoms with E-state index in [-0.39, 0.29) is 17.6 Å². The van der Waals surface area contributed by atoms with Crippen molar-refractivity contribution in [2.45, 2.75) is 31.6 Å². The van der Waals surface area contributed by atoms with E-state index in [1.54, 1.807) is 24.3 Å². The summed E-state index contributed by atoms with van der Waals surface area (Å²) in [7, 11) is 0. The van der Waals surface area contributed by atoms with E-state index < -0.39 is 6.04 Å². The number of halogens is 1. The molecule has 2 heterocycles. The predicted octanol–water partition coefficient (Wildman–Crippen LogP) is 4.78. The number of thiazole rings is 1. The SMILES string of the molecule is CCn1c(SCC(=O)Nc2nc3ccccc3s2)nnc1[C@@H](C)NC(=O)c1ccccc1Cl. The molecule has 170 valence electrons. The molecular weight excluding hydrogens is 480 g/mol. The number of hydrogen-bond acceptors (Lipinski definition) is 7. The van der Waals surface area contributed by atoms with Gasteiger partial charge in [-0.25, -0.2) is 4.98 Å². The predicted molar refractivity (Wildman–Crippen MR) is 132 cm³/mol. The van der Waals surface area contributed by atoms with E-state index in [0.717, 1.165) is 10.2 Å². The zero-order valence-electron chi connectivity index (χ0n) is 17.9. The van der Waals surface area contributed by atoms with Crippen LogP contribution in [0.1, 0.15) is 36.1 Å². The van der Waals surface area contributed by atoms with Gasteiger partial charge in [-0.1, -0.05) is 59.0 Å². The van der Waals surface area contributed by atoms with Crippen LogP contribution in [0.4, 0.5) is 5.13 Å². The van der Waals surface area contributed by atoms with Crippen LogP contribution in [0.25, 0.3) is 10.2 Å². The van der Waals surface area contributed by atoms with Crippen LogP contribution in [0.15, 0.2) is 53.7 Å².